The van der Waals surface area contributed by atoms with E-state index in [9.17, 15) is 18.0 Å². The van der Waals surface area contributed by atoms with Gasteiger partial charge >= 0.3 is 6.18 Å². The lowest BCUT2D eigenvalue weighted by Crippen LogP contribution is -2.29. The van der Waals surface area contributed by atoms with Gasteiger partial charge in [-0.2, -0.15) is 13.2 Å². The number of hydrogen-bond donors (Lipinski definition) is 1. The van der Waals surface area contributed by atoms with Crippen LogP contribution >= 0.6 is 0 Å². The molecule has 3 nitrogen and oxygen atoms in total. The van der Waals surface area contributed by atoms with Crippen LogP contribution in [0.2, 0.25) is 0 Å². The first-order valence-corrected chi connectivity index (χ1v) is 4.85. The molecule has 1 amide bonds. The summed E-state index contributed by atoms with van der Waals surface area (Å²) >= 11 is 0. The lowest BCUT2D eigenvalue weighted by molar-refractivity contribution is -0.184. The zero-order valence-electron chi connectivity index (χ0n) is 9.39. The summed E-state index contributed by atoms with van der Waals surface area (Å²) in [4.78, 5) is 15.5. The minimum Gasteiger partial charge on any atom is -0.267 e. The van der Waals surface area contributed by atoms with Crippen LogP contribution in [0.15, 0.2) is 18.2 Å². The lowest BCUT2D eigenvalue weighted by Gasteiger charge is -2.09. The van der Waals surface area contributed by atoms with Crippen molar-refractivity contribution in [1.82, 2.24) is 5.48 Å². The Morgan fingerprint density at radius 2 is 1.76 bits per heavy atom. The molecule has 6 heteroatoms. The third-order valence-electron chi connectivity index (χ3n) is 1.88. The SMILES string of the molecule is Cc1cc(C)cc(C(=O)NOCC(F)(F)F)c1. The maximum absolute atomic E-state index is 11.8. The number of alkyl halides is 3. The molecule has 0 heterocycles. The van der Waals surface area contributed by atoms with Crippen LogP contribution < -0.4 is 5.48 Å². The Morgan fingerprint density at radius 3 is 2.24 bits per heavy atom. The summed E-state index contributed by atoms with van der Waals surface area (Å²) in [6, 6.07) is 4.99. The molecular formula is C11H12F3NO2. The number of halogens is 3. The second-order valence-electron chi connectivity index (χ2n) is 3.71. The molecule has 0 aliphatic carbocycles. The highest BCUT2D eigenvalue weighted by molar-refractivity contribution is 5.93. The molecular weight excluding hydrogens is 235 g/mol. The fourth-order valence-electron chi connectivity index (χ4n) is 1.35. The highest BCUT2D eigenvalue weighted by Crippen LogP contribution is 2.14. The molecule has 0 aromatic heterocycles. The van der Waals surface area contributed by atoms with Gasteiger partial charge in [0.05, 0.1) is 0 Å². The van der Waals surface area contributed by atoms with Gasteiger partial charge in [0, 0.05) is 5.56 Å². The second-order valence-corrected chi connectivity index (χ2v) is 3.71. The summed E-state index contributed by atoms with van der Waals surface area (Å²) < 4.78 is 35.3. The Morgan fingerprint density at radius 1 is 1.24 bits per heavy atom. The van der Waals surface area contributed by atoms with E-state index in [0.717, 1.165) is 11.1 Å². The molecule has 0 fully saturated rings. The van der Waals surface area contributed by atoms with Crippen LogP contribution in [0.25, 0.3) is 0 Å². The Hall–Kier alpha value is -1.56. The molecule has 1 N–H and O–H groups in total. The van der Waals surface area contributed by atoms with E-state index >= 15 is 0 Å². The first-order valence-electron chi connectivity index (χ1n) is 4.85. The number of rotatable bonds is 3. The molecule has 1 rings (SSSR count). The molecule has 94 valence electrons. The van der Waals surface area contributed by atoms with Gasteiger partial charge in [-0.3, -0.25) is 9.63 Å². The smallest absolute Gasteiger partial charge is 0.267 e. The zero-order chi connectivity index (χ0) is 13.1. The van der Waals surface area contributed by atoms with Gasteiger partial charge in [-0.25, -0.2) is 5.48 Å². The summed E-state index contributed by atoms with van der Waals surface area (Å²) in [5, 5.41) is 0. The van der Waals surface area contributed by atoms with Gasteiger partial charge in [-0.1, -0.05) is 17.2 Å². The second kappa shape index (κ2) is 5.18. The maximum atomic E-state index is 11.8. The van der Waals surface area contributed by atoms with Crippen molar-refractivity contribution in [2.45, 2.75) is 20.0 Å². The van der Waals surface area contributed by atoms with E-state index in [-0.39, 0.29) is 5.56 Å². The Kier molecular flexibility index (Phi) is 4.11. The van der Waals surface area contributed by atoms with Gasteiger partial charge in [-0.15, -0.1) is 0 Å². The third kappa shape index (κ3) is 4.86. The number of carbonyl (C=O) groups excluding carboxylic acids is 1. The van der Waals surface area contributed by atoms with Crippen molar-refractivity contribution in [3.8, 4) is 0 Å². The van der Waals surface area contributed by atoms with Crippen molar-refractivity contribution in [3.05, 3.63) is 34.9 Å². The number of aryl methyl sites for hydroxylation is 2. The van der Waals surface area contributed by atoms with Gasteiger partial charge in [-0.05, 0) is 26.0 Å². The van der Waals surface area contributed by atoms with Crippen molar-refractivity contribution in [2.75, 3.05) is 6.61 Å². The van der Waals surface area contributed by atoms with Crippen LogP contribution in [0.5, 0.6) is 0 Å². The van der Waals surface area contributed by atoms with Gasteiger partial charge < -0.3 is 0 Å². The molecule has 17 heavy (non-hydrogen) atoms. The van der Waals surface area contributed by atoms with E-state index in [2.05, 4.69) is 4.84 Å². The molecule has 0 aliphatic heterocycles. The molecule has 0 atom stereocenters. The topological polar surface area (TPSA) is 38.3 Å². The molecule has 0 bridgehead atoms. The quantitative estimate of drug-likeness (QED) is 0.833. The van der Waals surface area contributed by atoms with E-state index < -0.39 is 18.7 Å². The van der Waals surface area contributed by atoms with Crippen LogP contribution in [-0.4, -0.2) is 18.7 Å². The number of amides is 1. The summed E-state index contributed by atoms with van der Waals surface area (Å²) in [5.74, 6) is -0.693. The van der Waals surface area contributed by atoms with Crippen molar-refractivity contribution >= 4 is 5.91 Å². The van der Waals surface area contributed by atoms with Gasteiger partial charge in [0.2, 0.25) is 0 Å². The summed E-state index contributed by atoms with van der Waals surface area (Å²) in [6.45, 7) is 2.07. The Balaban J connectivity index is 2.58. The average Bonchev–Trinajstić information content (AvgIpc) is 2.13. The average molecular weight is 247 g/mol. The molecule has 0 aliphatic rings. The minimum absolute atomic E-state index is 0.268. The van der Waals surface area contributed by atoms with Crippen molar-refractivity contribution in [1.29, 1.82) is 0 Å². The number of hydroxylamine groups is 1. The fourth-order valence-corrected chi connectivity index (χ4v) is 1.35. The molecule has 1 aromatic rings. The van der Waals surface area contributed by atoms with Crippen molar-refractivity contribution in [2.24, 2.45) is 0 Å². The summed E-state index contributed by atoms with van der Waals surface area (Å²) in [7, 11) is 0. The molecule has 0 saturated carbocycles. The number of nitrogens with one attached hydrogen (secondary N) is 1. The maximum Gasteiger partial charge on any atom is 0.414 e. The Labute approximate surface area is 96.5 Å². The number of hydrogen-bond acceptors (Lipinski definition) is 2. The monoisotopic (exact) mass is 247 g/mol. The normalized spacial score (nSPS) is 11.4. The molecule has 0 unspecified atom stereocenters. The van der Waals surface area contributed by atoms with E-state index in [1.54, 1.807) is 31.5 Å². The standard InChI is InChI=1S/C11H12F3NO2/c1-7-3-8(2)5-9(4-7)10(16)15-17-6-11(12,13)14/h3-5H,6H2,1-2H3,(H,15,16). The molecule has 0 spiro atoms. The number of carbonyl (C=O) groups is 1. The molecule has 1 aromatic carbocycles. The predicted octanol–water partition coefficient (Wildman–Crippen LogP) is 2.53. The molecule has 0 saturated heterocycles. The first kappa shape index (κ1) is 13.5. The van der Waals surface area contributed by atoms with Crippen LogP contribution in [0.1, 0.15) is 21.5 Å². The lowest BCUT2D eigenvalue weighted by atomic mass is 10.1. The van der Waals surface area contributed by atoms with Crippen LogP contribution in [0, 0.1) is 13.8 Å². The van der Waals surface area contributed by atoms with Crippen molar-refractivity contribution in [3.63, 3.8) is 0 Å². The molecule has 0 radical (unpaired) electrons. The van der Waals surface area contributed by atoms with Gasteiger partial charge in [0.1, 0.15) is 0 Å². The van der Waals surface area contributed by atoms with E-state index in [1.807, 2.05) is 6.07 Å². The van der Waals surface area contributed by atoms with Crippen LogP contribution in [0.3, 0.4) is 0 Å². The predicted molar refractivity (Wildman–Crippen MR) is 55.4 cm³/mol. The third-order valence-corrected chi connectivity index (χ3v) is 1.88. The van der Waals surface area contributed by atoms with Crippen LogP contribution in [0.4, 0.5) is 13.2 Å². The summed E-state index contributed by atoms with van der Waals surface area (Å²) in [6.07, 6.45) is -4.46. The van der Waals surface area contributed by atoms with E-state index in [0.29, 0.717) is 0 Å². The highest BCUT2D eigenvalue weighted by Gasteiger charge is 2.28. The first-order chi connectivity index (χ1) is 7.78. The highest BCUT2D eigenvalue weighted by atomic mass is 19.4. The van der Waals surface area contributed by atoms with Crippen molar-refractivity contribution < 1.29 is 22.8 Å². The van der Waals surface area contributed by atoms with Crippen LogP contribution in [-0.2, 0) is 4.84 Å². The fraction of sp³-hybridized carbons (Fsp3) is 0.364. The minimum atomic E-state index is -4.46. The summed E-state index contributed by atoms with van der Waals surface area (Å²) in [5.41, 5.74) is 3.72. The van der Waals surface area contributed by atoms with E-state index in [1.165, 1.54) is 0 Å². The van der Waals surface area contributed by atoms with E-state index in [4.69, 9.17) is 0 Å². The van der Waals surface area contributed by atoms with Gasteiger partial charge in [0.25, 0.3) is 5.91 Å². The Bertz CT molecular complexity index is 395. The zero-order valence-corrected chi connectivity index (χ0v) is 9.39. The van der Waals surface area contributed by atoms with Gasteiger partial charge in [0.15, 0.2) is 6.61 Å². The largest absolute Gasteiger partial charge is 0.414 e. The number of benzene rings is 1.